The summed E-state index contributed by atoms with van der Waals surface area (Å²) in [6.45, 7) is 0. The summed E-state index contributed by atoms with van der Waals surface area (Å²) in [5, 5.41) is 29.1. The predicted octanol–water partition coefficient (Wildman–Crippen LogP) is 5.33. The van der Waals surface area contributed by atoms with Crippen molar-refractivity contribution in [1.82, 2.24) is 0 Å². The van der Waals surface area contributed by atoms with Crippen molar-refractivity contribution in [2.24, 2.45) is 51.6 Å². The third-order valence-corrected chi connectivity index (χ3v) is 7.01. The van der Waals surface area contributed by atoms with Gasteiger partial charge in [-0.1, -0.05) is 0 Å². The summed E-state index contributed by atoms with van der Waals surface area (Å²) in [6.07, 6.45) is 10.5. The smallest absolute Gasteiger partial charge is 0.211 e. The van der Waals surface area contributed by atoms with E-state index in [1.807, 2.05) is 6.07 Å². The molecule has 0 aromatic heterocycles. The van der Waals surface area contributed by atoms with Crippen molar-refractivity contribution >= 4 is 65.5 Å². The maximum Gasteiger partial charge on any atom is 0.211 e. The van der Waals surface area contributed by atoms with Crippen LogP contribution in [0.25, 0.3) is 17.1 Å². The van der Waals surface area contributed by atoms with E-state index in [9.17, 15) is 9.59 Å². The second kappa shape index (κ2) is 8.46. The molecule has 1 aliphatic carbocycles. The van der Waals surface area contributed by atoms with Crippen LogP contribution in [0.3, 0.4) is 0 Å². The third-order valence-electron chi connectivity index (χ3n) is 7.01. The molecule has 39 heavy (non-hydrogen) atoms. The molecule has 1 amide bonds. The molecular weight excluding hydrogens is 520 g/mol. The Balaban J connectivity index is 0.00000253. The lowest BCUT2D eigenvalue weighted by atomic mass is 9.88. The van der Waals surface area contributed by atoms with Crippen LogP contribution >= 0.6 is 12.4 Å². The molecule has 1 aromatic carbocycles. The lowest BCUT2D eigenvalue weighted by Crippen LogP contribution is -2.17. The quantitative estimate of drug-likeness (QED) is 0.469. The van der Waals surface area contributed by atoms with Gasteiger partial charge in [-0.25, -0.2) is 4.99 Å². The van der Waals surface area contributed by atoms with Gasteiger partial charge < -0.3 is 5.32 Å². The van der Waals surface area contributed by atoms with E-state index in [1.165, 1.54) is 0 Å². The molecule has 12 nitrogen and oxygen atoms in total. The molecule has 6 aliphatic heterocycles. The first-order chi connectivity index (χ1) is 18.7. The first-order valence-electron chi connectivity index (χ1n) is 11.9. The Hall–Kier alpha value is -5.10. The Morgan fingerprint density at radius 2 is 1.44 bits per heavy atom. The second-order valence-corrected chi connectivity index (χ2v) is 9.24. The topological polar surface area (TPSA) is 157 Å². The second-order valence-electron chi connectivity index (χ2n) is 9.24. The number of hydrogen-bond donors (Lipinski definition) is 1. The van der Waals surface area contributed by atoms with Crippen LogP contribution in [0.2, 0.25) is 0 Å². The number of hydrogen-bond acceptors (Lipinski definition) is 11. The molecule has 0 saturated heterocycles. The molecular formula is C26H15ClN10O2. The molecule has 0 bridgehead atoms. The minimum absolute atomic E-state index is 0. The van der Waals surface area contributed by atoms with Crippen LogP contribution in [-0.4, -0.2) is 30.3 Å². The lowest BCUT2D eigenvalue weighted by molar-refractivity contribution is -0.114. The van der Waals surface area contributed by atoms with Gasteiger partial charge in [-0.05, 0) is 25.0 Å². The van der Waals surface area contributed by atoms with Gasteiger partial charge in [0.1, 0.15) is 39.9 Å². The molecule has 8 rings (SSSR count). The lowest BCUT2D eigenvalue weighted by Gasteiger charge is -2.18. The zero-order chi connectivity index (χ0) is 25.4. The maximum absolute atomic E-state index is 13.1. The Morgan fingerprint density at radius 1 is 0.795 bits per heavy atom. The highest BCUT2D eigenvalue weighted by atomic mass is 35.5. The zero-order valence-corrected chi connectivity index (χ0v) is 20.7. The summed E-state index contributed by atoms with van der Waals surface area (Å²) < 4.78 is 0. The van der Waals surface area contributed by atoms with Gasteiger partial charge in [0.15, 0.2) is 5.78 Å². The van der Waals surface area contributed by atoms with Crippen LogP contribution in [0.5, 0.6) is 0 Å². The number of aliphatic imine (C=N–C) groups is 3. The van der Waals surface area contributed by atoms with Crippen molar-refractivity contribution in [2.45, 2.75) is 12.8 Å². The Bertz CT molecular complexity index is 1820. The van der Waals surface area contributed by atoms with Crippen LogP contribution in [0.4, 0.5) is 5.69 Å². The van der Waals surface area contributed by atoms with E-state index in [4.69, 9.17) is 0 Å². The minimum atomic E-state index is -0.0151. The summed E-state index contributed by atoms with van der Waals surface area (Å²) in [5.41, 5.74) is 8.00. The number of halogens is 1. The molecule has 1 N–H and O–H groups in total. The van der Waals surface area contributed by atoms with Gasteiger partial charge >= 0.3 is 0 Å². The van der Waals surface area contributed by atoms with Crippen LogP contribution < -0.4 is 5.32 Å². The fraction of sp³-hybridized carbons (Fsp3) is 0.115. The average Bonchev–Trinajstić information content (AvgIpc) is 3.49. The fourth-order valence-corrected chi connectivity index (χ4v) is 5.07. The number of carbonyl (C=O) groups is 2. The molecule has 1 fully saturated rings. The van der Waals surface area contributed by atoms with Crippen molar-refractivity contribution in [3.63, 3.8) is 0 Å². The number of carbonyl (C=O) groups excluding carboxylic acids is 2. The van der Waals surface area contributed by atoms with Gasteiger partial charge in [0.25, 0.3) is 0 Å². The summed E-state index contributed by atoms with van der Waals surface area (Å²) >= 11 is 0. The number of nitrogens with zero attached hydrogens (tertiary/aromatic N) is 9. The van der Waals surface area contributed by atoms with E-state index in [-0.39, 0.29) is 24.1 Å². The van der Waals surface area contributed by atoms with Gasteiger partial charge in [-0.15, -0.1) is 43.1 Å². The van der Waals surface area contributed by atoms with Crippen molar-refractivity contribution < 1.29 is 9.59 Å². The Kier molecular flexibility index (Phi) is 5.00. The summed E-state index contributed by atoms with van der Waals surface area (Å²) in [7, 11) is 0. The largest absolute Gasteiger partial charge is 0.328 e. The molecule has 0 unspecified atom stereocenters. The molecule has 13 heteroatoms. The number of anilines is 1. The van der Waals surface area contributed by atoms with Gasteiger partial charge in [-0.3, -0.25) is 19.6 Å². The first-order valence-corrected chi connectivity index (χ1v) is 11.9. The van der Waals surface area contributed by atoms with E-state index in [2.05, 4.69) is 51.0 Å². The number of amides is 1. The number of nitrogens with one attached hydrogen (secondary N) is 1. The van der Waals surface area contributed by atoms with Gasteiger partial charge in [0, 0.05) is 35.0 Å². The minimum Gasteiger partial charge on any atom is -0.328 e. The summed E-state index contributed by atoms with van der Waals surface area (Å²) in [6, 6.07) is 3.58. The van der Waals surface area contributed by atoms with Crippen molar-refractivity contribution in [1.29, 1.82) is 0 Å². The standard InChI is InChI=1S/C26H14N10O2.ClH/c37-10-30-15-4-3-12(22-21-18(33-34-22)9-29-25(21)26(38)11-1-2-11)19(23-13-5-27-7-16(13)31-35-23)20(15)24-14-6-28-8-17(14)32-36-24;/h3-11H,1-2H2,(H,30,37);1H. The normalized spacial score (nSPS) is 20.8. The fourth-order valence-electron chi connectivity index (χ4n) is 5.07. The van der Waals surface area contributed by atoms with Gasteiger partial charge in [0.05, 0.1) is 41.0 Å². The van der Waals surface area contributed by atoms with Crippen molar-refractivity contribution in [3.8, 4) is 0 Å². The zero-order valence-electron chi connectivity index (χ0n) is 19.9. The SMILES string of the molecule is Cl.O=CNc1ccc(C2=C3C(=CN=C3C(=O)C3CC3)N=N2)c(C2=C3C=NC=C3N=N2)c1C1=C2C=NC=C2N=N1. The predicted molar refractivity (Wildman–Crippen MR) is 145 cm³/mol. The molecule has 6 heterocycles. The number of rotatable bonds is 7. The molecule has 0 radical (unpaired) electrons. The van der Waals surface area contributed by atoms with Crippen LogP contribution in [0, 0.1) is 5.92 Å². The number of fused-ring (bicyclic) bond motifs is 3. The number of Topliss-reactive ketones (excluding diaryl/α,β-unsaturated/α-hetero) is 1. The molecule has 1 aromatic rings. The van der Waals surface area contributed by atoms with E-state index in [0.29, 0.717) is 79.8 Å². The van der Waals surface area contributed by atoms with Crippen LogP contribution in [0.15, 0.2) is 110 Å². The van der Waals surface area contributed by atoms with Gasteiger partial charge in [0.2, 0.25) is 6.41 Å². The van der Waals surface area contributed by atoms with E-state index in [0.717, 1.165) is 18.4 Å². The van der Waals surface area contributed by atoms with Gasteiger partial charge in [-0.2, -0.15) is 0 Å². The van der Waals surface area contributed by atoms with Crippen molar-refractivity contribution in [2.75, 3.05) is 5.32 Å². The number of azo groups is 3. The highest BCUT2D eigenvalue weighted by molar-refractivity contribution is 6.50. The van der Waals surface area contributed by atoms with Crippen LogP contribution in [-0.2, 0) is 9.59 Å². The molecule has 7 aliphatic rings. The number of benzene rings is 1. The summed E-state index contributed by atoms with van der Waals surface area (Å²) in [4.78, 5) is 37.6. The average molecular weight is 535 g/mol. The highest BCUT2D eigenvalue weighted by Crippen LogP contribution is 2.49. The molecule has 188 valence electrons. The molecule has 0 spiro atoms. The highest BCUT2D eigenvalue weighted by Gasteiger charge is 2.40. The summed E-state index contributed by atoms with van der Waals surface area (Å²) in [5.74, 6) is -0.0158. The maximum atomic E-state index is 13.1. The van der Waals surface area contributed by atoms with Crippen LogP contribution in [0.1, 0.15) is 29.5 Å². The van der Waals surface area contributed by atoms with Crippen molar-refractivity contribution in [3.05, 3.63) is 81.2 Å². The van der Waals surface area contributed by atoms with E-state index >= 15 is 0 Å². The molecule has 1 saturated carbocycles. The number of ketones is 1. The van der Waals surface area contributed by atoms with E-state index < -0.39 is 0 Å². The first kappa shape index (κ1) is 23.0. The Labute approximate surface area is 226 Å². The number of allylic oxidation sites excluding steroid dienone is 3. The molecule has 0 atom stereocenters. The monoisotopic (exact) mass is 534 g/mol. The van der Waals surface area contributed by atoms with E-state index in [1.54, 1.807) is 37.1 Å². The Morgan fingerprint density at radius 3 is 2.10 bits per heavy atom. The third kappa shape index (κ3) is 3.28.